The Morgan fingerprint density at radius 1 is 1.10 bits per heavy atom. The summed E-state index contributed by atoms with van der Waals surface area (Å²) in [6, 6.07) is 13.4. The quantitative estimate of drug-likeness (QED) is 0.808. The molecule has 112 valence electrons. The van der Waals surface area contributed by atoms with Crippen LogP contribution in [0.4, 0.5) is 4.39 Å². The normalized spacial score (nSPS) is 12.4. The molecule has 2 aromatic rings. The summed E-state index contributed by atoms with van der Waals surface area (Å²) in [7, 11) is 1.98. The second-order valence-corrected chi connectivity index (χ2v) is 6.35. The molecule has 0 radical (unpaired) electrons. The predicted molar refractivity (Wildman–Crippen MR) is 90.1 cm³/mol. The zero-order chi connectivity index (χ0) is 15.2. The second-order valence-electron chi connectivity index (χ2n) is 5.49. The van der Waals surface area contributed by atoms with E-state index in [2.05, 4.69) is 39.4 Å². The summed E-state index contributed by atoms with van der Waals surface area (Å²) in [5.41, 5.74) is 3.57. The van der Waals surface area contributed by atoms with Crippen LogP contribution in [0.25, 0.3) is 0 Å². The van der Waals surface area contributed by atoms with Crippen LogP contribution in [-0.2, 0) is 12.8 Å². The van der Waals surface area contributed by atoms with E-state index in [4.69, 9.17) is 0 Å². The van der Waals surface area contributed by atoms with Crippen LogP contribution in [0.2, 0.25) is 0 Å². The van der Waals surface area contributed by atoms with Crippen LogP contribution in [0.5, 0.6) is 0 Å². The highest BCUT2D eigenvalue weighted by atomic mass is 79.9. The lowest BCUT2D eigenvalue weighted by molar-refractivity contribution is 0.491. The Balaban J connectivity index is 2.14. The third-order valence-corrected chi connectivity index (χ3v) is 4.55. The van der Waals surface area contributed by atoms with Crippen LogP contribution in [0.1, 0.15) is 16.7 Å². The third kappa shape index (κ3) is 4.65. The van der Waals surface area contributed by atoms with Gasteiger partial charge in [0.15, 0.2) is 0 Å². The first-order chi connectivity index (χ1) is 10.1. The van der Waals surface area contributed by atoms with Gasteiger partial charge in [-0.3, -0.25) is 0 Å². The summed E-state index contributed by atoms with van der Waals surface area (Å²) in [6.45, 7) is 2.92. The molecule has 0 aliphatic rings. The largest absolute Gasteiger partial charge is 0.319 e. The zero-order valence-electron chi connectivity index (χ0n) is 12.5. The fourth-order valence-electron chi connectivity index (χ4n) is 2.68. The van der Waals surface area contributed by atoms with Crippen molar-refractivity contribution in [3.63, 3.8) is 0 Å². The van der Waals surface area contributed by atoms with E-state index in [9.17, 15) is 4.39 Å². The average Bonchev–Trinajstić information content (AvgIpc) is 2.44. The van der Waals surface area contributed by atoms with E-state index in [1.807, 2.05) is 26.1 Å². The van der Waals surface area contributed by atoms with Crippen LogP contribution in [0.15, 0.2) is 46.9 Å². The van der Waals surface area contributed by atoms with Crippen molar-refractivity contribution in [3.05, 3.63) is 69.4 Å². The van der Waals surface area contributed by atoms with Crippen LogP contribution in [0, 0.1) is 18.7 Å². The molecular formula is C18H21BrFN. The Hall–Kier alpha value is -1.19. The van der Waals surface area contributed by atoms with Crippen LogP contribution in [0.3, 0.4) is 0 Å². The lowest BCUT2D eigenvalue weighted by atomic mass is 9.90. The van der Waals surface area contributed by atoms with Crippen LogP contribution >= 0.6 is 15.9 Å². The van der Waals surface area contributed by atoms with Crippen LogP contribution < -0.4 is 5.32 Å². The van der Waals surface area contributed by atoms with Gasteiger partial charge in [0, 0.05) is 4.47 Å². The molecule has 0 bridgehead atoms. The monoisotopic (exact) mass is 349 g/mol. The molecule has 1 N–H and O–H groups in total. The number of nitrogens with one attached hydrogen (secondary N) is 1. The molecular weight excluding hydrogens is 329 g/mol. The number of rotatable bonds is 6. The zero-order valence-corrected chi connectivity index (χ0v) is 14.1. The average molecular weight is 350 g/mol. The van der Waals surface area contributed by atoms with Crippen molar-refractivity contribution in [2.24, 2.45) is 5.92 Å². The van der Waals surface area contributed by atoms with Crippen molar-refractivity contribution >= 4 is 15.9 Å². The number of hydrogen-bond acceptors (Lipinski definition) is 1. The summed E-state index contributed by atoms with van der Waals surface area (Å²) < 4.78 is 14.4. The minimum absolute atomic E-state index is 0.160. The number of hydrogen-bond donors (Lipinski definition) is 1. The lowest BCUT2D eigenvalue weighted by Crippen LogP contribution is -2.23. The first-order valence-corrected chi connectivity index (χ1v) is 8.02. The molecule has 1 atom stereocenters. The fourth-order valence-corrected chi connectivity index (χ4v) is 3.13. The van der Waals surface area contributed by atoms with Gasteiger partial charge in [0.25, 0.3) is 0 Å². The van der Waals surface area contributed by atoms with Gasteiger partial charge >= 0.3 is 0 Å². The lowest BCUT2D eigenvalue weighted by Gasteiger charge is -2.19. The minimum Gasteiger partial charge on any atom is -0.319 e. The number of benzene rings is 2. The van der Waals surface area contributed by atoms with E-state index in [0.29, 0.717) is 5.92 Å². The Labute approximate surface area is 134 Å². The van der Waals surface area contributed by atoms with E-state index in [1.54, 1.807) is 12.1 Å². The second kappa shape index (κ2) is 7.71. The number of aryl methyl sites for hydroxylation is 1. The Morgan fingerprint density at radius 2 is 1.81 bits per heavy atom. The fraction of sp³-hybridized carbons (Fsp3) is 0.333. The Bertz CT molecular complexity index is 598. The SMILES string of the molecule is CNCC(Cc1ccc(F)cc1C)Cc1ccccc1Br. The molecule has 0 saturated carbocycles. The van der Waals surface area contributed by atoms with Crippen molar-refractivity contribution in [1.82, 2.24) is 5.32 Å². The van der Waals surface area contributed by atoms with Crippen molar-refractivity contribution in [2.45, 2.75) is 19.8 Å². The minimum atomic E-state index is -0.160. The van der Waals surface area contributed by atoms with Gasteiger partial charge in [-0.15, -0.1) is 0 Å². The molecule has 1 nitrogen and oxygen atoms in total. The summed E-state index contributed by atoms with van der Waals surface area (Å²) >= 11 is 3.62. The highest BCUT2D eigenvalue weighted by Gasteiger charge is 2.13. The van der Waals surface area contributed by atoms with Gasteiger partial charge < -0.3 is 5.32 Å². The molecule has 0 aliphatic heterocycles. The third-order valence-electron chi connectivity index (χ3n) is 3.77. The van der Waals surface area contributed by atoms with Crippen molar-refractivity contribution in [1.29, 1.82) is 0 Å². The van der Waals surface area contributed by atoms with Gasteiger partial charge in [0.05, 0.1) is 0 Å². The summed E-state index contributed by atoms with van der Waals surface area (Å²) in [5, 5.41) is 3.27. The van der Waals surface area contributed by atoms with Gasteiger partial charge in [-0.1, -0.05) is 40.2 Å². The molecule has 2 rings (SSSR count). The molecule has 0 aromatic heterocycles. The molecule has 0 aliphatic carbocycles. The van der Waals surface area contributed by atoms with Crippen molar-refractivity contribution in [2.75, 3.05) is 13.6 Å². The van der Waals surface area contributed by atoms with E-state index >= 15 is 0 Å². The van der Waals surface area contributed by atoms with Gasteiger partial charge in [-0.25, -0.2) is 4.39 Å². The molecule has 0 saturated heterocycles. The molecule has 0 fully saturated rings. The summed E-state index contributed by atoms with van der Waals surface area (Å²) in [4.78, 5) is 0. The van der Waals surface area contributed by atoms with Gasteiger partial charge in [0.1, 0.15) is 5.82 Å². The Morgan fingerprint density at radius 3 is 2.48 bits per heavy atom. The molecule has 0 spiro atoms. The first-order valence-electron chi connectivity index (χ1n) is 7.23. The molecule has 0 heterocycles. The van der Waals surface area contributed by atoms with E-state index in [0.717, 1.165) is 29.4 Å². The first kappa shape index (κ1) is 16.2. The van der Waals surface area contributed by atoms with Gasteiger partial charge in [-0.2, -0.15) is 0 Å². The van der Waals surface area contributed by atoms with Gasteiger partial charge in [0.2, 0.25) is 0 Å². The maximum atomic E-state index is 13.2. The highest BCUT2D eigenvalue weighted by Crippen LogP contribution is 2.22. The molecule has 1 unspecified atom stereocenters. The summed E-state index contributed by atoms with van der Waals surface area (Å²) in [5.74, 6) is 0.324. The maximum absolute atomic E-state index is 13.2. The standard InChI is InChI=1S/C18H21BrFN/c1-13-9-17(20)8-7-15(13)10-14(12-21-2)11-16-5-3-4-6-18(16)19/h3-9,14,21H,10-12H2,1-2H3. The van der Waals surface area contributed by atoms with E-state index in [1.165, 1.54) is 11.1 Å². The highest BCUT2D eigenvalue weighted by molar-refractivity contribution is 9.10. The predicted octanol–water partition coefficient (Wildman–Crippen LogP) is 4.52. The molecule has 0 amide bonds. The smallest absolute Gasteiger partial charge is 0.123 e. The van der Waals surface area contributed by atoms with Crippen molar-refractivity contribution < 1.29 is 4.39 Å². The van der Waals surface area contributed by atoms with E-state index in [-0.39, 0.29) is 5.82 Å². The molecule has 2 aromatic carbocycles. The van der Waals surface area contributed by atoms with E-state index < -0.39 is 0 Å². The van der Waals surface area contributed by atoms with Crippen LogP contribution in [-0.4, -0.2) is 13.6 Å². The number of halogens is 2. The molecule has 3 heteroatoms. The van der Waals surface area contributed by atoms with Crippen molar-refractivity contribution in [3.8, 4) is 0 Å². The maximum Gasteiger partial charge on any atom is 0.123 e. The van der Waals surface area contributed by atoms with Gasteiger partial charge in [-0.05, 0) is 74.2 Å². The summed E-state index contributed by atoms with van der Waals surface area (Å²) in [6.07, 6.45) is 1.95. The molecule has 21 heavy (non-hydrogen) atoms. The topological polar surface area (TPSA) is 12.0 Å². The Kier molecular flexibility index (Phi) is 5.95.